The van der Waals surface area contributed by atoms with E-state index in [1.165, 1.54) is 11.1 Å². The van der Waals surface area contributed by atoms with Crippen LogP contribution in [0, 0.1) is 0 Å². The fourth-order valence-corrected chi connectivity index (χ4v) is 5.04. The van der Waals surface area contributed by atoms with Gasteiger partial charge in [-0.25, -0.2) is 8.42 Å². The highest BCUT2D eigenvalue weighted by molar-refractivity contribution is 7.91. The molecule has 5 nitrogen and oxygen atoms in total. The first-order valence-electron chi connectivity index (χ1n) is 10.1. The molecule has 1 aliphatic rings. The van der Waals surface area contributed by atoms with Crippen LogP contribution < -0.4 is 5.32 Å². The molecule has 30 heavy (non-hydrogen) atoms. The average molecular weight is 421 g/mol. The monoisotopic (exact) mass is 420 g/mol. The van der Waals surface area contributed by atoms with Crippen LogP contribution in [0.5, 0.6) is 0 Å². The summed E-state index contributed by atoms with van der Waals surface area (Å²) >= 11 is 0. The van der Waals surface area contributed by atoms with Crippen LogP contribution in [0.25, 0.3) is 0 Å². The van der Waals surface area contributed by atoms with Crippen molar-refractivity contribution < 1.29 is 13.2 Å². The van der Waals surface area contributed by atoms with Gasteiger partial charge < -0.3 is 5.32 Å². The molecule has 0 saturated heterocycles. The number of amides is 1. The first-order chi connectivity index (χ1) is 14.5. The lowest BCUT2D eigenvalue weighted by molar-refractivity contribution is -0.115. The van der Waals surface area contributed by atoms with Gasteiger partial charge in [-0.2, -0.15) is 0 Å². The van der Waals surface area contributed by atoms with Crippen molar-refractivity contribution >= 4 is 21.4 Å². The Morgan fingerprint density at radius 2 is 1.60 bits per heavy atom. The lowest BCUT2D eigenvalue weighted by Gasteiger charge is -2.09. The van der Waals surface area contributed by atoms with Crippen molar-refractivity contribution in [2.75, 3.05) is 11.1 Å². The second-order valence-corrected chi connectivity index (χ2v) is 9.74. The van der Waals surface area contributed by atoms with Crippen LogP contribution in [0.2, 0.25) is 0 Å². The molecule has 0 unspecified atom stereocenters. The number of aryl methyl sites for hydroxylation is 2. The third-order valence-electron chi connectivity index (χ3n) is 5.42. The van der Waals surface area contributed by atoms with Crippen molar-refractivity contribution in [1.29, 1.82) is 0 Å². The van der Waals surface area contributed by atoms with Crippen molar-refractivity contribution in [3.05, 3.63) is 89.2 Å². The normalized spacial score (nSPS) is 13.1. The molecule has 0 aliphatic heterocycles. The Morgan fingerprint density at radius 1 is 0.900 bits per heavy atom. The Balaban J connectivity index is 1.32. The summed E-state index contributed by atoms with van der Waals surface area (Å²) in [7, 11) is -3.48. The van der Waals surface area contributed by atoms with E-state index in [4.69, 9.17) is 0 Å². The number of pyridine rings is 1. The fraction of sp³-hybridized carbons (Fsp3) is 0.250. The smallest absolute Gasteiger partial charge is 0.225 e. The van der Waals surface area contributed by atoms with E-state index in [1.807, 2.05) is 42.5 Å². The van der Waals surface area contributed by atoms with Gasteiger partial charge in [0.05, 0.1) is 10.6 Å². The maximum atomic E-state index is 12.6. The summed E-state index contributed by atoms with van der Waals surface area (Å²) in [5, 5.41) is 2.79. The van der Waals surface area contributed by atoms with Gasteiger partial charge in [0, 0.05) is 24.5 Å². The number of fused-ring (bicyclic) bond motifs is 1. The minimum atomic E-state index is -3.48. The Bertz CT molecular complexity index is 1140. The first kappa shape index (κ1) is 20.3. The molecule has 1 amide bonds. The van der Waals surface area contributed by atoms with Gasteiger partial charge in [0.15, 0.2) is 9.84 Å². The molecule has 3 aromatic rings. The highest BCUT2D eigenvalue weighted by Gasteiger charge is 2.20. The number of carbonyl (C=O) groups excluding carboxylic acids is 1. The quantitative estimate of drug-likeness (QED) is 0.628. The van der Waals surface area contributed by atoms with Crippen molar-refractivity contribution in [2.24, 2.45) is 0 Å². The second kappa shape index (κ2) is 8.79. The van der Waals surface area contributed by atoms with Crippen LogP contribution in [-0.4, -0.2) is 25.1 Å². The number of hydrogen-bond acceptors (Lipinski definition) is 4. The van der Waals surface area contributed by atoms with E-state index < -0.39 is 9.84 Å². The molecule has 1 N–H and O–H groups in total. The average Bonchev–Trinajstić information content (AvgIpc) is 3.23. The van der Waals surface area contributed by atoms with E-state index in [0.29, 0.717) is 10.6 Å². The predicted molar refractivity (Wildman–Crippen MR) is 117 cm³/mol. The van der Waals surface area contributed by atoms with E-state index in [0.717, 1.165) is 36.8 Å². The van der Waals surface area contributed by atoms with Crippen LogP contribution in [0.1, 0.15) is 35.1 Å². The summed E-state index contributed by atoms with van der Waals surface area (Å²) in [6.07, 6.45) is 7.26. The molecule has 1 aliphatic carbocycles. The Hall–Kier alpha value is -2.99. The molecule has 0 radical (unpaired) electrons. The van der Waals surface area contributed by atoms with Gasteiger partial charge in [-0.05, 0) is 84.3 Å². The highest BCUT2D eigenvalue weighted by atomic mass is 32.2. The lowest BCUT2D eigenvalue weighted by atomic mass is 10.1. The molecule has 154 valence electrons. The summed E-state index contributed by atoms with van der Waals surface area (Å²) < 4.78 is 25.2. The van der Waals surface area contributed by atoms with Gasteiger partial charge in [-0.15, -0.1) is 0 Å². The molecule has 1 heterocycles. The first-order valence-corrected chi connectivity index (χ1v) is 11.8. The number of sulfone groups is 1. The topological polar surface area (TPSA) is 76.1 Å². The van der Waals surface area contributed by atoms with Gasteiger partial charge in [0.25, 0.3) is 0 Å². The summed E-state index contributed by atoms with van der Waals surface area (Å²) in [5.41, 5.74) is 5.30. The molecule has 6 heteroatoms. The third-order valence-corrected chi connectivity index (χ3v) is 7.14. The fourth-order valence-electron chi connectivity index (χ4n) is 3.75. The number of hydrogen-bond donors (Lipinski definition) is 1. The minimum absolute atomic E-state index is 0.0712. The van der Waals surface area contributed by atoms with Crippen LogP contribution in [-0.2, 0) is 33.9 Å². The zero-order valence-electron chi connectivity index (χ0n) is 16.7. The molecule has 0 saturated carbocycles. The van der Waals surface area contributed by atoms with E-state index in [2.05, 4.69) is 10.3 Å². The molecule has 0 spiro atoms. The molecule has 0 fully saturated rings. The molecule has 0 bridgehead atoms. The molecular formula is C24H24N2O3S. The number of carbonyl (C=O) groups is 1. The molecule has 1 aromatic heterocycles. The molecule has 2 aromatic carbocycles. The highest BCUT2D eigenvalue weighted by Crippen LogP contribution is 2.25. The van der Waals surface area contributed by atoms with Crippen LogP contribution in [0.3, 0.4) is 0 Å². The predicted octanol–water partition coefficient (Wildman–Crippen LogP) is 3.96. The maximum absolute atomic E-state index is 12.6. The zero-order chi connectivity index (χ0) is 21.0. The Labute approximate surface area is 177 Å². The summed E-state index contributed by atoms with van der Waals surface area (Å²) in [4.78, 5) is 16.6. The van der Waals surface area contributed by atoms with Gasteiger partial charge in [0.1, 0.15) is 0 Å². The van der Waals surface area contributed by atoms with Crippen molar-refractivity contribution in [3.8, 4) is 0 Å². The lowest BCUT2D eigenvalue weighted by Crippen LogP contribution is -2.17. The zero-order valence-corrected chi connectivity index (χ0v) is 17.5. The van der Waals surface area contributed by atoms with Gasteiger partial charge in [-0.3, -0.25) is 9.78 Å². The number of rotatable bonds is 7. The van der Waals surface area contributed by atoms with Crippen molar-refractivity contribution in [1.82, 2.24) is 4.98 Å². The molecule has 0 atom stereocenters. The van der Waals surface area contributed by atoms with Crippen molar-refractivity contribution in [2.45, 2.75) is 37.0 Å². The van der Waals surface area contributed by atoms with Crippen molar-refractivity contribution in [3.63, 3.8) is 0 Å². The van der Waals surface area contributed by atoms with E-state index in [-0.39, 0.29) is 18.1 Å². The van der Waals surface area contributed by atoms with E-state index in [9.17, 15) is 13.2 Å². The molecular weight excluding hydrogens is 396 g/mol. The van der Waals surface area contributed by atoms with E-state index >= 15 is 0 Å². The molecule has 4 rings (SSSR count). The van der Waals surface area contributed by atoms with Crippen LogP contribution in [0.15, 0.2) is 71.9 Å². The maximum Gasteiger partial charge on any atom is 0.225 e. The van der Waals surface area contributed by atoms with Gasteiger partial charge in [0.2, 0.25) is 5.91 Å². The number of aromatic nitrogens is 1. The third kappa shape index (κ3) is 4.94. The Morgan fingerprint density at radius 3 is 2.37 bits per heavy atom. The number of nitrogens with one attached hydrogen (secondary N) is 1. The SMILES string of the molecule is O=C(CCS(=O)(=O)c1ccc2c(c1)CCC2)Nc1ccc(Cc2ccncc2)cc1. The Kier molecular flexibility index (Phi) is 5.95. The van der Waals surface area contributed by atoms with Crippen LogP contribution >= 0.6 is 0 Å². The summed E-state index contributed by atoms with van der Waals surface area (Å²) in [6, 6.07) is 16.9. The van der Waals surface area contributed by atoms with E-state index in [1.54, 1.807) is 24.5 Å². The minimum Gasteiger partial charge on any atom is -0.326 e. The second-order valence-electron chi connectivity index (χ2n) is 7.63. The summed E-state index contributed by atoms with van der Waals surface area (Å²) in [5.74, 6) is -0.501. The largest absolute Gasteiger partial charge is 0.326 e. The van der Waals surface area contributed by atoms with Gasteiger partial charge >= 0.3 is 0 Å². The number of benzene rings is 2. The van der Waals surface area contributed by atoms with Gasteiger partial charge in [-0.1, -0.05) is 18.2 Å². The number of anilines is 1. The number of nitrogens with zero attached hydrogens (tertiary/aromatic N) is 1. The standard InChI is InChI=1S/C24H24N2O3S/c27-24(12-15-30(28,29)23-9-6-20-2-1-3-21(20)17-23)26-22-7-4-18(5-8-22)16-19-10-13-25-14-11-19/h4-11,13-14,17H,1-3,12,15-16H2,(H,26,27). The summed E-state index contributed by atoms with van der Waals surface area (Å²) in [6.45, 7) is 0. The van der Waals surface area contributed by atoms with Crippen LogP contribution in [0.4, 0.5) is 5.69 Å².